The third-order valence-corrected chi connectivity index (χ3v) is 7.97. The zero-order valence-corrected chi connectivity index (χ0v) is 17.8. The Labute approximate surface area is 174 Å². The lowest BCUT2D eigenvalue weighted by molar-refractivity contribution is 0.402. The van der Waals surface area contributed by atoms with Crippen LogP contribution in [0, 0.1) is 12.7 Å². The third-order valence-electron chi connectivity index (χ3n) is 4.44. The molecule has 0 spiro atoms. The van der Waals surface area contributed by atoms with E-state index in [1.54, 1.807) is 13.0 Å². The van der Waals surface area contributed by atoms with Gasteiger partial charge in [0.05, 0.1) is 18.3 Å². The van der Waals surface area contributed by atoms with E-state index in [4.69, 9.17) is 9.15 Å². The standard InChI is InChI=1S/C20H20FNO6S2/c1-14-5-10-17(27-2)19(12-14)30(25,26)22-13-20(18-4-3-11-28-18)29(23,24)16-8-6-15(21)7-9-16/h3-12,20,22H,13H2,1-2H3/t20-/m0/s1. The van der Waals surface area contributed by atoms with E-state index in [9.17, 15) is 21.2 Å². The van der Waals surface area contributed by atoms with Crippen LogP contribution in [-0.2, 0) is 19.9 Å². The molecule has 10 heteroatoms. The van der Waals surface area contributed by atoms with E-state index >= 15 is 0 Å². The zero-order valence-electron chi connectivity index (χ0n) is 16.2. The number of halogens is 1. The highest BCUT2D eigenvalue weighted by Gasteiger charge is 2.33. The van der Waals surface area contributed by atoms with Gasteiger partial charge in [0.2, 0.25) is 10.0 Å². The predicted octanol–water partition coefficient (Wildman–Crippen LogP) is 3.23. The largest absolute Gasteiger partial charge is 0.495 e. The van der Waals surface area contributed by atoms with Crippen LogP contribution in [0.15, 0.2) is 75.1 Å². The monoisotopic (exact) mass is 453 g/mol. The summed E-state index contributed by atoms with van der Waals surface area (Å²) in [4.78, 5) is -0.264. The molecule has 3 rings (SSSR count). The fraction of sp³-hybridized carbons (Fsp3) is 0.200. The number of ether oxygens (including phenoxy) is 1. The molecule has 30 heavy (non-hydrogen) atoms. The van der Waals surface area contributed by atoms with Crippen molar-refractivity contribution in [1.29, 1.82) is 0 Å². The number of methoxy groups -OCH3 is 1. The predicted molar refractivity (Wildman–Crippen MR) is 108 cm³/mol. The first-order valence-corrected chi connectivity index (χ1v) is 11.9. The lowest BCUT2D eigenvalue weighted by Gasteiger charge is -2.18. The number of hydrogen-bond acceptors (Lipinski definition) is 6. The molecule has 0 saturated carbocycles. The van der Waals surface area contributed by atoms with Gasteiger partial charge in [-0.1, -0.05) is 6.07 Å². The zero-order chi connectivity index (χ0) is 21.9. The summed E-state index contributed by atoms with van der Waals surface area (Å²) in [5.74, 6) is -0.405. The summed E-state index contributed by atoms with van der Waals surface area (Å²) in [5, 5.41) is -1.36. The summed E-state index contributed by atoms with van der Waals surface area (Å²) in [6, 6.07) is 11.9. The van der Waals surface area contributed by atoms with Gasteiger partial charge >= 0.3 is 0 Å². The number of sulfone groups is 1. The van der Waals surface area contributed by atoms with Crippen molar-refractivity contribution < 1.29 is 30.4 Å². The highest BCUT2D eigenvalue weighted by atomic mass is 32.2. The summed E-state index contributed by atoms with van der Waals surface area (Å²) in [6.45, 7) is 1.23. The number of benzene rings is 2. The van der Waals surface area contributed by atoms with E-state index in [1.165, 1.54) is 37.6 Å². The summed E-state index contributed by atoms with van der Waals surface area (Å²) in [6.07, 6.45) is 1.29. The Bertz CT molecular complexity index is 1220. The Morgan fingerprint density at radius 1 is 1.07 bits per heavy atom. The van der Waals surface area contributed by atoms with Crippen molar-refractivity contribution in [2.24, 2.45) is 0 Å². The molecule has 0 radical (unpaired) electrons. The van der Waals surface area contributed by atoms with Gasteiger partial charge in [0.25, 0.3) is 0 Å². The van der Waals surface area contributed by atoms with Crippen LogP contribution in [0.3, 0.4) is 0 Å². The minimum Gasteiger partial charge on any atom is -0.495 e. The molecule has 1 aromatic heterocycles. The van der Waals surface area contributed by atoms with Gasteiger partial charge in [0.1, 0.15) is 27.5 Å². The van der Waals surface area contributed by atoms with Gasteiger partial charge in [-0.3, -0.25) is 0 Å². The highest BCUT2D eigenvalue weighted by molar-refractivity contribution is 7.92. The lowest BCUT2D eigenvalue weighted by atomic mass is 10.2. The Kier molecular flexibility index (Phi) is 6.30. The second kappa shape index (κ2) is 8.58. The average molecular weight is 454 g/mol. The lowest BCUT2D eigenvalue weighted by Crippen LogP contribution is -2.32. The Morgan fingerprint density at radius 2 is 1.77 bits per heavy atom. The summed E-state index contributed by atoms with van der Waals surface area (Å²) in [7, 11) is -6.85. The van der Waals surface area contributed by atoms with Crippen LogP contribution >= 0.6 is 0 Å². The maximum absolute atomic E-state index is 13.2. The first-order valence-electron chi connectivity index (χ1n) is 8.82. The van der Waals surface area contributed by atoms with Crippen LogP contribution in [0.4, 0.5) is 4.39 Å². The van der Waals surface area contributed by atoms with Crippen molar-refractivity contribution in [2.75, 3.05) is 13.7 Å². The summed E-state index contributed by atoms with van der Waals surface area (Å²) >= 11 is 0. The van der Waals surface area contributed by atoms with E-state index in [2.05, 4.69) is 4.72 Å². The Morgan fingerprint density at radius 3 is 2.37 bits per heavy atom. The fourth-order valence-electron chi connectivity index (χ4n) is 2.88. The molecule has 3 aromatic rings. The van der Waals surface area contributed by atoms with Crippen LogP contribution in [0.1, 0.15) is 16.6 Å². The molecular formula is C20H20FNO6S2. The minimum absolute atomic E-state index is 0.0539. The Balaban J connectivity index is 1.96. The number of sulfonamides is 1. The summed E-state index contributed by atoms with van der Waals surface area (Å²) < 4.78 is 78.0. The molecule has 0 saturated heterocycles. The second-order valence-electron chi connectivity index (χ2n) is 6.51. The maximum atomic E-state index is 13.2. The molecule has 0 unspecified atom stereocenters. The minimum atomic E-state index is -4.10. The molecule has 2 aromatic carbocycles. The van der Waals surface area contributed by atoms with Crippen LogP contribution in [0.2, 0.25) is 0 Å². The van der Waals surface area contributed by atoms with E-state index in [1.807, 2.05) is 0 Å². The van der Waals surface area contributed by atoms with Gasteiger partial charge in [0.15, 0.2) is 9.84 Å². The first-order chi connectivity index (χ1) is 14.1. The molecule has 0 aliphatic carbocycles. The van der Waals surface area contributed by atoms with Crippen molar-refractivity contribution in [3.8, 4) is 5.75 Å². The van der Waals surface area contributed by atoms with E-state index < -0.39 is 37.5 Å². The molecule has 1 heterocycles. The van der Waals surface area contributed by atoms with Gasteiger partial charge in [-0.15, -0.1) is 0 Å². The number of hydrogen-bond donors (Lipinski definition) is 1. The van der Waals surface area contributed by atoms with Crippen LogP contribution in [0.25, 0.3) is 0 Å². The molecule has 0 aliphatic heterocycles. The van der Waals surface area contributed by atoms with Gasteiger partial charge in [-0.05, 0) is 61.0 Å². The molecule has 0 amide bonds. The van der Waals surface area contributed by atoms with E-state index in [0.717, 1.165) is 24.3 Å². The number of furan rings is 1. The van der Waals surface area contributed by atoms with Crippen molar-refractivity contribution in [3.05, 3.63) is 78.0 Å². The van der Waals surface area contributed by atoms with Crippen LogP contribution in [0.5, 0.6) is 5.75 Å². The fourth-order valence-corrected chi connectivity index (χ4v) is 5.87. The normalized spacial score (nSPS) is 13.2. The number of rotatable bonds is 8. The quantitative estimate of drug-likeness (QED) is 0.526. The van der Waals surface area contributed by atoms with Crippen molar-refractivity contribution in [3.63, 3.8) is 0 Å². The molecule has 0 bridgehead atoms. The molecule has 0 fully saturated rings. The smallest absolute Gasteiger partial charge is 0.244 e. The van der Waals surface area contributed by atoms with Crippen molar-refractivity contribution in [2.45, 2.75) is 22.0 Å². The third kappa shape index (κ3) is 4.55. The van der Waals surface area contributed by atoms with Gasteiger partial charge in [-0.25, -0.2) is 25.9 Å². The molecular weight excluding hydrogens is 433 g/mol. The van der Waals surface area contributed by atoms with Crippen LogP contribution in [-0.4, -0.2) is 30.5 Å². The number of aryl methyl sites for hydroxylation is 1. The average Bonchev–Trinajstić information content (AvgIpc) is 3.22. The highest BCUT2D eigenvalue weighted by Crippen LogP contribution is 2.30. The second-order valence-corrected chi connectivity index (χ2v) is 10.4. The first kappa shape index (κ1) is 22.0. The van der Waals surface area contributed by atoms with Crippen molar-refractivity contribution >= 4 is 19.9 Å². The van der Waals surface area contributed by atoms with E-state index in [0.29, 0.717) is 5.56 Å². The van der Waals surface area contributed by atoms with Gasteiger partial charge in [-0.2, -0.15) is 0 Å². The van der Waals surface area contributed by atoms with E-state index in [-0.39, 0.29) is 21.3 Å². The molecule has 1 atom stereocenters. The SMILES string of the molecule is COc1ccc(C)cc1S(=O)(=O)NC[C@@H](c1ccco1)S(=O)(=O)c1ccc(F)cc1. The number of nitrogens with one attached hydrogen (secondary N) is 1. The van der Waals surface area contributed by atoms with Crippen molar-refractivity contribution in [1.82, 2.24) is 4.72 Å². The molecule has 0 aliphatic rings. The summed E-state index contributed by atoms with van der Waals surface area (Å²) in [5.41, 5.74) is 0.692. The molecule has 7 nitrogen and oxygen atoms in total. The van der Waals surface area contributed by atoms with Gasteiger partial charge < -0.3 is 9.15 Å². The van der Waals surface area contributed by atoms with Crippen LogP contribution < -0.4 is 9.46 Å². The molecule has 1 N–H and O–H groups in total. The topological polar surface area (TPSA) is 103 Å². The maximum Gasteiger partial charge on any atom is 0.244 e. The Hall–Kier alpha value is -2.69. The molecule has 160 valence electrons. The van der Waals surface area contributed by atoms with Gasteiger partial charge in [0, 0.05) is 6.54 Å².